The number of nitrogens with one attached hydrogen (secondary N) is 1. The van der Waals surface area contributed by atoms with Crippen molar-refractivity contribution < 1.29 is 13.6 Å². The summed E-state index contributed by atoms with van der Waals surface area (Å²) in [6.45, 7) is 3.15. The topological polar surface area (TPSA) is 72.9 Å². The van der Waals surface area contributed by atoms with Gasteiger partial charge in [0.2, 0.25) is 5.91 Å². The molecule has 18 heavy (non-hydrogen) atoms. The summed E-state index contributed by atoms with van der Waals surface area (Å²) in [5.41, 5.74) is 6.00. The van der Waals surface area contributed by atoms with Crippen LogP contribution in [0.4, 0.5) is 14.5 Å². The fourth-order valence-electron chi connectivity index (χ4n) is 1.20. The number of carbonyl (C=O) groups is 1. The van der Waals surface area contributed by atoms with Gasteiger partial charge in [0.05, 0.1) is 17.9 Å². The van der Waals surface area contributed by atoms with E-state index in [0.717, 1.165) is 4.68 Å². The zero-order chi connectivity index (χ0) is 13.0. The van der Waals surface area contributed by atoms with Gasteiger partial charge in [-0.1, -0.05) is 13.8 Å². The predicted molar refractivity (Wildman–Crippen MR) is 66.9 cm³/mol. The van der Waals surface area contributed by atoms with Crippen LogP contribution in [0.3, 0.4) is 0 Å². The zero-order valence-electron chi connectivity index (χ0n) is 10.1. The molecule has 0 aliphatic carbocycles. The first kappa shape index (κ1) is 16.8. The highest BCUT2D eigenvalue weighted by Gasteiger charge is 2.17. The average Bonchev–Trinajstić information content (AvgIpc) is 2.63. The van der Waals surface area contributed by atoms with Crippen molar-refractivity contribution in [2.75, 3.05) is 5.32 Å². The van der Waals surface area contributed by atoms with E-state index in [-0.39, 0.29) is 24.2 Å². The third kappa shape index (κ3) is 4.97. The molecule has 0 unspecified atom stereocenters. The van der Waals surface area contributed by atoms with Crippen LogP contribution in [0.5, 0.6) is 0 Å². The Kier molecular flexibility index (Phi) is 6.79. The summed E-state index contributed by atoms with van der Waals surface area (Å²) < 4.78 is 25.2. The van der Waals surface area contributed by atoms with E-state index in [1.165, 1.54) is 12.4 Å². The number of rotatable bonds is 5. The highest BCUT2D eigenvalue weighted by atomic mass is 35.5. The third-order valence-electron chi connectivity index (χ3n) is 2.25. The van der Waals surface area contributed by atoms with Gasteiger partial charge >= 0.3 is 0 Å². The number of alkyl halides is 2. The van der Waals surface area contributed by atoms with Crippen molar-refractivity contribution in [3.05, 3.63) is 12.4 Å². The molecule has 0 saturated heterocycles. The minimum Gasteiger partial charge on any atom is -0.322 e. The molecule has 0 bridgehead atoms. The molecule has 1 amide bonds. The lowest BCUT2D eigenvalue weighted by Crippen LogP contribution is -2.39. The van der Waals surface area contributed by atoms with Crippen LogP contribution in [-0.2, 0) is 11.3 Å². The molecule has 1 heterocycles. The van der Waals surface area contributed by atoms with Gasteiger partial charge in [0.25, 0.3) is 6.43 Å². The number of amides is 1. The van der Waals surface area contributed by atoms with Crippen LogP contribution in [0.2, 0.25) is 0 Å². The van der Waals surface area contributed by atoms with E-state index in [1.54, 1.807) is 0 Å². The van der Waals surface area contributed by atoms with E-state index in [4.69, 9.17) is 5.73 Å². The maximum Gasteiger partial charge on any atom is 0.257 e. The molecule has 3 N–H and O–H groups in total. The van der Waals surface area contributed by atoms with Gasteiger partial charge < -0.3 is 11.1 Å². The van der Waals surface area contributed by atoms with E-state index in [1.807, 2.05) is 13.8 Å². The normalized spacial score (nSPS) is 12.4. The van der Waals surface area contributed by atoms with E-state index in [9.17, 15) is 13.6 Å². The molecule has 0 aromatic carbocycles. The van der Waals surface area contributed by atoms with Crippen molar-refractivity contribution in [1.82, 2.24) is 9.78 Å². The highest BCUT2D eigenvalue weighted by Crippen LogP contribution is 2.08. The summed E-state index contributed by atoms with van der Waals surface area (Å²) in [7, 11) is 0. The molecule has 0 fully saturated rings. The van der Waals surface area contributed by atoms with Crippen LogP contribution < -0.4 is 11.1 Å². The Balaban J connectivity index is 0.00000289. The number of anilines is 1. The molecule has 8 heteroatoms. The van der Waals surface area contributed by atoms with Gasteiger partial charge in [0, 0.05) is 6.20 Å². The third-order valence-corrected chi connectivity index (χ3v) is 2.25. The molecule has 0 aliphatic heterocycles. The van der Waals surface area contributed by atoms with Gasteiger partial charge in [0.15, 0.2) is 0 Å². The zero-order valence-corrected chi connectivity index (χ0v) is 11.0. The maximum absolute atomic E-state index is 12.1. The lowest BCUT2D eigenvalue weighted by molar-refractivity contribution is -0.118. The van der Waals surface area contributed by atoms with Gasteiger partial charge in [-0.3, -0.25) is 9.48 Å². The monoisotopic (exact) mass is 282 g/mol. The molecule has 0 radical (unpaired) electrons. The fourth-order valence-corrected chi connectivity index (χ4v) is 1.20. The van der Waals surface area contributed by atoms with Crippen LogP contribution in [0.25, 0.3) is 0 Å². The van der Waals surface area contributed by atoms with Crippen molar-refractivity contribution in [3.8, 4) is 0 Å². The number of hydrogen-bond acceptors (Lipinski definition) is 3. The number of nitrogens with two attached hydrogens (primary N) is 1. The smallest absolute Gasteiger partial charge is 0.257 e. The van der Waals surface area contributed by atoms with E-state index >= 15 is 0 Å². The molecule has 1 aromatic heterocycles. The SMILES string of the molecule is CC(C)[C@H](N)C(=O)Nc1cnn(CC(F)F)c1.Cl. The maximum atomic E-state index is 12.1. The molecule has 104 valence electrons. The number of halogens is 3. The Morgan fingerprint density at radius 2 is 2.17 bits per heavy atom. The first-order chi connectivity index (χ1) is 7.90. The van der Waals surface area contributed by atoms with Gasteiger partial charge in [-0.25, -0.2) is 8.78 Å². The summed E-state index contributed by atoms with van der Waals surface area (Å²) in [6.07, 6.45) is 0.182. The summed E-state index contributed by atoms with van der Waals surface area (Å²) >= 11 is 0. The van der Waals surface area contributed by atoms with Crippen LogP contribution in [0.1, 0.15) is 13.8 Å². The second-order valence-corrected chi connectivity index (χ2v) is 4.10. The number of carbonyl (C=O) groups excluding carboxylic acids is 1. The van der Waals surface area contributed by atoms with E-state index in [0.29, 0.717) is 5.69 Å². The Hall–Kier alpha value is -1.21. The molecule has 1 rings (SSSR count). The fraction of sp³-hybridized carbons (Fsp3) is 0.600. The Morgan fingerprint density at radius 3 is 2.67 bits per heavy atom. The Morgan fingerprint density at radius 1 is 1.56 bits per heavy atom. The molecule has 0 saturated carbocycles. The molecule has 1 atom stereocenters. The van der Waals surface area contributed by atoms with Crippen LogP contribution in [0, 0.1) is 5.92 Å². The lowest BCUT2D eigenvalue weighted by Gasteiger charge is -2.14. The summed E-state index contributed by atoms with van der Waals surface area (Å²) in [6, 6.07) is -0.631. The van der Waals surface area contributed by atoms with Crippen molar-refractivity contribution in [1.29, 1.82) is 0 Å². The quantitative estimate of drug-likeness (QED) is 0.859. The Labute approximate surface area is 110 Å². The standard InChI is InChI=1S/C10H16F2N4O.ClH/c1-6(2)9(13)10(17)15-7-3-14-16(4-7)5-8(11)12;/h3-4,6,8-9H,5,13H2,1-2H3,(H,15,17);1H/t9-;/m0./s1. The summed E-state index contributed by atoms with van der Waals surface area (Å²) in [5, 5.41) is 6.22. The molecule has 5 nitrogen and oxygen atoms in total. The number of hydrogen-bond donors (Lipinski definition) is 2. The van der Waals surface area contributed by atoms with Crippen molar-refractivity contribution in [2.24, 2.45) is 11.7 Å². The average molecular weight is 283 g/mol. The first-order valence-electron chi connectivity index (χ1n) is 5.27. The largest absolute Gasteiger partial charge is 0.322 e. The van der Waals surface area contributed by atoms with Crippen LogP contribution in [-0.4, -0.2) is 28.2 Å². The predicted octanol–water partition coefficient (Wildman–Crippen LogP) is 1.49. The second-order valence-electron chi connectivity index (χ2n) is 4.10. The van der Waals surface area contributed by atoms with Crippen LogP contribution in [0.15, 0.2) is 12.4 Å². The highest BCUT2D eigenvalue weighted by molar-refractivity contribution is 5.94. The minimum absolute atomic E-state index is 0. The van der Waals surface area contributed by atoms with Crippen molar-refractivity contribution in [3.63, 3.8) is 0 Å². The molecule has 0 spiro atoms. The van der Waals surface area contributed by atoms with Gasteiger partial charge in [-0.05, 0) is 5.92 Å². The van der Waals surface area contributed by atoms with Crippen molar-refractivity contribution in [2.45, 2.75) is 32.9 Å². The number of aromatic nitrogens is 2. The summed E-state index contributed by atoms with van der Waals surface area (Å²) in [4.78, 5) is 11.6. The van der Waals surface area contributed by atoms with Crippen molar-refractivity contribution >= 4 is 24.0 Å². The van der Waals surface area contributed by atoms with E-state index in [2.05, 4.69) is 10.4 Å². The Bertz CT molecular complexity index is 384. The van der Waals surface area contributed by atoms with E-state index < -0.39 is 19.0 Å². The van der Waals surface area contributed by atoms with Gasteiger partial charge in [-0.15, -0.1) is 12.4 Å². The molecule has 1 aromatic rings. The molecular weight excluding hydrogens is 266 g/mol. The molecule has 0 aliphatic rings. The first-order valence-corrected chi connectivity index (χ1v) is 5.27. The molecular formula is C10H17ClF2N4O. The second kappa shape index (κ2) is 7.27. The minimum atomic E-state index is -2.48. The van der Waals surface area contributed by atoms with Gasteiger partial charge in [0.1, 0.15) is 6.54 Å². The van der Waals surface area contributed by atoms with Gasteiger partial charge in [-0.2, -0.15) is 5.10 Å². The lowest BCUT2D eigenvalue weighted by atomic mass is 10.1. The van der Waals surface area contributed by atoms with Crippen LogP contribution >= 0.6 is 12.4 Å². The summed E-state index contributed by atoms with van der Waals surface area (Å²) in [5.74, 6) is -0.345. The number of nitrogens with zero attached hydrogens (tertiary/aromatic N) is 2.